The zero-order valence-corrected chi connectivity index (χ0v) is 26.3. The number of oxazole rings is 1. The molecule has 0 atom stereocenters. The summed E-state index contributed by atoms with van der Waals surface area (Å²) in [7, 11) is 0. The normalized spacial score (nSPS) is 13.1. The number of benzene rings is 7. The van der Waals surface area contributed by atoms with E-state index in [4.69, 9.17) is 9.40 Å². The Morgan fingerprint density at radius 2 is 1.21 bits per heavy atom. The van der Waals surface area contributed by atoms with Gasteiger partial charge in [0, 0.05) is 22.4 Å². The molecule has 0 saturated heterocycles. The largest absolute Gasteiger partial charge is 0.435 e. The minimum atomic E-state index is -0.124. The molecule has 224 valence electrons. The monoisotopic (exact) mass is 604 g/mol. The molecule has 0 saturated carbocycles. The van der Waals surface area contributed by atoms with Gasteiger partial charge in [-0.25, -0.2) is 4.98 Å². The van der Waals surface area contributed by atoms with Crippen LogP contribution >= 0.6 is 0 Å². The van der Waals surface area contributed by atoms with E-state index in [0.29, 0.717) is 5.89 Å². The highest BCUT2D eigenvalue weighted by Gasteiger charge is 2.36. The second-order valence-electron chi connectivity index (χ2n) is 12.8. The van der Waals surface area contributed by atoms with E-state index >= 15 is 0 Å². The smallest absolute Gasteiger partial charge is 0.227 e. The highest BCUT2D eigenvalue weighted by Crippen LogP contribution is 2.51. The molecule has 7 aromatic carbocycles. The van der Waals surface area contributed by atoms with Crippen LogP contribution in [0.15, 0.2) is 162 Å². The standard InChI is InChI=1S/C44H32N2O/c1-44(2)37-21-10-9-20-35(37)36-25-24-34(28-38(36)44)46(33-19-11-18-32(27-33)29-13-5-3-6-14-29)40-22-12-17-30-23-26-39-42(41(30)40)47-43(45-39)31-15-7-4-8-16-31/h3-28H,1-2H3. The average molecular weight is 605 g/mol. The predicted molar refractivity (Wildman–Crippen MR) is 195 cm³/mol. The van der Waals surface area contributed by atoms with E-state index in [1.165, 1.54) is 33.4 Å². The van der Waals surface area contributed by atoms with E-state index in [1.54, 1.807) is 0 Å². The van der Waals surface area contributed by atoms with Crippen molar-refractivity contribution in [3.63, 3.8) is 0 Å². The van der Waals surface area contributed by atoms with Gasteiger partial charge in [0.15, 0.2) is 5.58 Å². The number of hydrogen-bond donors (Lipinski definition) is 0. The van der Waals surface area contributed by atoms with E-state index in [2.05, 4.69) is 146 Å². The Morgan fingerprint density at radius 1 is 0.532 bits per heavy atom. The molecular formula is C44H32N2O. The molecule has 1 aliphatic carbocycles. The summed E-state index contributed by atoms with van der Waals surface area (Å²) < 4.78 is 6.63. The number of rotatable bonds is 5. The summed E-state index contributed by atoms with van der Waals surface area (Å²) in [4.78, 5) is 7.32. The molecule has 0 fully saturated rings. The summed E-state index contributed by atoms with van der Waals surface area (Å²) in [6, 6.07) is 56.0. The summed E-state index contributed by atoms with van der Waals surface area (Å²) in [6.45, 7) is 4.67. The molecule has 9 rings (SSSR count). The Kier molecular flexibility index (Phi) is 6.16. The van der Waals surface area contributed by atoms with E-state index in [1.807, 2.05) is 30.3 Å². The first-order chi connectivity index (χ1) is 23.1. The van der Waals surface area contributed by atoms with Gasteiger partial charge in [0.25, 0.3) is 0 Å². The van der Waals surface area contributed by atoms with Crippen molar-refractivity contribution in [2.24, 2.45) is 0 Å². The van der Waals surface area contributed by atoms with Crippen LogP contribution in [0.5, 0.6) is 0 Å². The Labute approximate surface area is 274 Å². The van der Waals surface area contributed by atoms with E-state index in [-0.39, 0.29) is 5.41 Å². The third-order valence-electron chi connectivity index (χ3n) is 9.67. The molecule has 3 nitrogen and oxygen atoms in total. The molecule has 3 heteroatoms. The van der Waals surface area contributed by atoms with Crippen molar-refractivity contribution in [3.05, 3.63) is 169 Å². The van der Waals surface area contributed by atoms with Crippen molar-refractivity contribution in [1.29, 1.82) is 0 Å². The van der Waals surface area contributed by atoms with Gasteiger partial charge in [-0.15, -0.1) is 0 Å². The van der Waals surface area contributed by atoms with Gasteiger partial charge >= 0.3 is 0 Å². The first-order valence-corrected chi connectivity index (χ1v) is 16.1. The van der Waals surface area contributed by atoms with Crippen molar-refractivity contribution in [3.8, 4) is 33.7 Å². The Morgan fingerprint density at radius 3 is 2.04 bits per heavy atom. The lowest BCUT2D eigenvalue weighted by molar-refractivity contribution is 0.623. The van der Waals surface area contributed by atoms with Crippen molar-refractivity contribution >= 4 is 38.9 Å². The molecule has 1 aromatic heterocycles. The number of hydrogen-bond acceptors (Lipinski definition) is 3. The van der Waals surface area contributed by atoms with Crippen LogP contribution in [0.2, 0.25) is 0 Å². The van der Waals surface area contributed by atoms with Crippen molar-refractivity contribution < 1.29 is 4.42 Å². The number of fused-ring (bicyclic) bond motifs is 6. The molecular weight excluding hydrogens is 572 g/mol. The first-order valence-electron chi connectivity index (χ1n) is 16.1. The molecule has 0 aliphatic heterocycles. The predicted octanol–water partition coefficient (Wildman–Crippen LogP) is 12.1. The molecule has 0 radical (unpaired) electrons. The van der Waals surface area contributed by atoms with Crippen LogP contribution in [-0.4, -0.2) is 4.98 Å². The van der Waals surface area contributed by atoms with Crippen LogP contribution in [0.1, 0.15) is 25.0 Å². The van der Waals surface area contributed by atoms with Gasteiger partial charge in [-0.2, -0.15) is 0 Å². The SMILES string of the molecule is CC1(C)c2ccccc2-c2ccc(N(c3cccc(-c4ccccc4)c3)c3cccc4ccc5nc(-c6ccccc6)oc5c34)cc21. The van der Waals surface area contributed by atoms with Gasteiger partial charge in [-0.1, -0.05) is 123 Å². The first kappa shape index (κ1) is 27.4. The van der Waals surface area contributed by atoms with Crippen molar-refractivity contribution in [2.45, 2.75) is 19.3 Å². The summed E-state index contributed by atoms with van der Waals surface area (Å²) >= 11 is 0. The minimum absolute atomic E-state index is 0.124. The second-order valence-corrected chi connectivity index (χ2v) is 12.8. The second kappa shape index (κ2) is 10.6. The van der Waals surface area contributed by atoms with Crippen molar-refractivity contribution in [2.75, 3.05) is 4.90 Å². The van der Waals surface area contributed by atoms with Crippen LogP contribution in [-0.2, 0) is 5.41 Å². The zero-order chi connectivity index (χ0) is 31.5. The maximum absolute atomic E-state index is 6.63. The summed E-state index contributed by atoms with van der Waals surface area (Å²) in [6.07, 6.45) is 0. The molecule has 1 aliphatic rings. The molecule has 0 amide bonds. The van der Waals surface area contributed by atoms with Crippen LogP contribution < -0.4 is 4.90 Å². The van der Waals surface area contributed by atoms with Gasteiger partial charge in [0.05, 0.1) is 11.1 Å². The summed E-state index contributed by atoms with van der Waals surface area (Å²) in [5.41, 5.74) is 13.3. The number of nitrogens with zero attached hydrogens (tertiary/aromatic N) is 2. The summed E-state index contributed by atoms with van der Waals surface area (Å²) in [5.74, 6) is 0.623. The molecule has 47 heavy (non-hydrogen) atoms. The average Bonchev–Trinajstić information content (AvgIpc) is 3.66. The van der Waals surface area contributed by atoms with E-state index in [0.717, 1.165) is 44.5 Å². The zero-order valence-electron chi connectivity index (χ0n) is 26.3. The lowest BCUT2D eigenvalue weighted by Crippen LogP contribution is -2.16. The van der Waals surface area contributed by atoms with E-state index < -0.39 is 0 Å². The maximum Gasteiger partial charge on any atom is 0.227 e. The van der Waals surface area contributed by atoms with Crippen LogP contribution in [0.25, 0.3) is 55.6 Å². The van der Waals surface area contributed by atoms with Gasteiger partial charge in [-0.05, 0) is 87.3 Å². The van der Waals surface area contributed by atoms with Gasteiger partial charge < -0.3 is 9.32 Å². The molecule has 0 bridgehead atoms. The minimum Gasteiger partial charge on any atom is -0.435 e. The fourth-order valence-corrected chi connectivity index (χ4v) is 7.34. The fraction of sp³-hybridized carbons (Fsp3) is 0.0682. The molecule has 0 spiro atoms. The molecule has 0 unspecified atom stereocenters. The highest BCUT2D eigenvalue weighted by atomic mass is 16.3. The van der Waals surface area contributed by atoms with Crippen LogP contribution in [0.3, 0.4) is 0 Å². The van der Waals surface area contributed by atoms with Gasteiger partial charge in [0.2, 0.25) is 5.89 Å². The highest BCUT2D eigenvalue weighted by molar-refractivity contribution is 6.12. The summed E-state index contributed by atoms with van der Waals surface area (Å²) in [5, 5.41) is 2.14. The van der Waals surface area contributed by atoms with Gasteiger partial charge in [-0.3, -0.25) is 0 Å². The number of aromatic nitrogens is 1. The third kappa shape index (κ3) is 4.39. The Bertz CT molecular complexity index is 2440. The molecule has 8 aromatic rings. The third-order valence-corrected chi connectivity index (χ3v) is 9.67. The van der Waals surface area contributed by atoms with Crippen LogP contribution in [0, 0.1) is 0 Å². The Hall–Kier alpha value is -5.93. The molecule has 1 heterocycles. The lowest BCUT2D eigenvalue weighted by atomic mass is 9.82. The van der Waals surface area contributed by atoms with E-state index in [9.17, 15) is 0 Å². The Balaban J connectivity index is 1.30. The maximum atomic E-state index is 6.63. The fourth-order valence-electron chi connectivity index (χ4n) is 7.34. The number of anilines is 3. The molecule has 0 N–H and O–H groups in total. The van der Waals surface area contributed by atoms with Gasteiger partial charge in [0.1, 0.15) is 5.52 Å². The quantitative estimate of drug-likeness (QED) is 0.196. The van der Waals surface area contributed by atoms with Crippen LogP contribution in [0.4, 0.5) is 17.1 Å². The topological polar surface area (TPSA) is 29.3 Å². The lowest BCUT2D eigenvalue weighted by Gasteiger charge is -2.29. The van der Waals surface area contributed by atoms with Crippen molar-refractivity contribution in [1.82, 2.24) is 4.98 Å².